The lowest BCUT2D eigenvalue weighted by Crippen LogP contribution is -2.31. The summed E-state index contributed by atoms with van der Waals surface area (Å²) < 4.78 is 0. The number of hydrogen-bond acceptors (Lipinski definition) is 2. The number of aliphatic hydroxyl groups is 1. The summed E-state index contributed by atoms with van der Waals surface area (Å²) in [5.74, 6) is 0. The van der Waals surface area contributed by atoms with Crippen molar-refractivity contribution in [1.29, 1.82) is 0 Å². The lowest BCUT2D eigenvalue weighted by atomic mass is 10.0. The predicted octanol–water partition coefficient (Wildman–Crippen LogP) is 0.995. The van der Waals surface area contributed by atoms with Crippen LogP contribution in [0.15, 0.2) is 24.3 Å². The summed E-state index contributed by atoms with van der Waals surface area (Å²) in [6.45, 7) is 2.05. The standard InChI is InChI=1S/C10H13NO/c12-8-11-6-5-9-3-1-2-4-10(9)7-11/h1-4,12H,5-8H2. The Hall–Kier alpha value is -0.860. The zero-order valence-corrected chi connectivity index (χ0v) is 7.03. The molecule has 1 aliphatic heterocycles. The van der Waals surface area contributed by atoms with Crippen LogP contribution in [0.3, 0.4) is 0 Å². The molecular weight excluding hydrogens is 150 g/mol. The van der Waals surface area contributed by atoms with Gasteiger partial charge in [-0.3, -0.25) is 4.90 Å². The van der Waals surface area contributed by atoms with E-state index in [1.54, 1.807) is 0 Å². The fourth-order valence-corrected chi connectivity index (χ4v) is 1.67. The summed E-state index contributed by atoms with van der Waals surface area (Å²) in [6.07, 6.45) is 1.07. The third kappa shape index (κ3) is 1.36. The topological polar surface area (TPSA) is 23.5 Å². The fourth-order valence-electron chi connectivity index (χ4n) is 1.67. The van der Waals surface area contributed by atoms with Gasteiger partial charge in [-0.25, -0.2) is 0 Å². The molecule has 0 aromatic heterocycles. The van der Waals surface area contributed by atoms with Crippen LogP contribution in [0.4, 0.5) is 0 Å². The molecule has 0 radical (unpaired) electrons. The molecule has 0 aliphatic carbocycles. The molecule has 2 rings (SSSR count). The summed E-state index contributed by atoms with van der Waals surface area (Å²) in [5, 5.41) is 8.94. The minimum Gasteiger partial charge on any atom is -0.381 e. The van der Waals surface area contributed by atoms with Crippen molar-refractivity contribution in [3.8, 4) is 0 Å². The summed E-state index contributed by atoms with van der Waals surface area (Å²) in [5.41, 5.74) is 2.79. The van der Waals surface area contributed by atoms with Crippen LogP contribution in [0.5, 0.6) is 0 Å². The molecule has 0 atom stereocenters. The second-order valence-corrected chi connectivity index (χ2v) is 3.21. The van der Waals surface area contributed by atoms with Crippen LogP contribution in [0, 0.1) is 0 Å². The summed E-state index contributed by atoms with van der Waals surface area (Å²) in [4.78, 5) is 2.04. The van der Waals surface area contributed by atoms with Crippen molar-refractivity contribution < 1.29 is 5.11 Å². The number of fused-ring (bicyclic) bond motifs is 1. The average Bonchev–Trinajstić information content (AvgIpc) is 2.17. The third-order valence-corrected chi connectivity index (χ3v) is 2.41. The average molecular weight is 163 g/mol. The SMILES string of the molecule is OCN1CCc2ccccc2C1. The molecule has 1 aromatic carbocycles. The molecule has 0 amide bonds. The lowest BCUT2D eigenvalue weighted by molar-refractivity contribution is 0.0958. The van der Waals surface area contributed by atoms with Crippen molar-refractivity contribution in [2.75, 3.05) is 13.3 Å². The first-order chi connectivity index (χ1) is 5.90. The van der Waals surface area contributed by atoms with E-state index >= 15 is 0 Å². The molecule has 1 heterocycles. The van der Waals surface area contributed by atoms with Gasteiger partial charge < -0.3 is 5.11 Å². The van der Waals surface area contributed by atoms with E-state index in [4.69, 9.17) is 5.11 Å². The Morgan fingerprint density at radius 2 is 2.00 bits per heavy atom. The highest BCUT2D eigenvalue weighted by Gasteiger charge is 2.13. The molecule has 1 N–H and O–H groups in total. The first-order valence-electron chi connectivity index (χ1n) is 4.30. The molecule has 64 valence electrons. The van der Waals surface area contributed by atoms with Gasteiger partial charge in [-0.1, -0.05) is 24.3 Å². The number of rotatable bonds is 1. The molecule has 1 aromatic rings. The van der Waals surface area contributed by atoms with Crippen molar-refractivity contribution in [3.05, 3.63) is 35.4 Å². The monoisotopic (exact) mass is 163 g/mol. The van der Waals surface area contributed by atoms with Gasteiger partial charge in [0.25, 0.3) is 0 Å². The van der Waals surface area contributed by atoms with E-state index in [0.29, 0.717) is 0 Å². The van der Waals surface area contributed by atoms with Crippen LogP contribution in [-0.4, -0.2) is 23.3 Å². The van der Waals surface area contributed by atoms with Gasteiger partial charge >= 0.3 is 0 Å². The largest absolute Gasteiger partial charge is 0.381 e. The molecule has 1 aliphatic rings. The first kappa shape index (κ1) is 7.77. The van der Waals surface area contributed by atoms with Crippen LogP contribution >= 0.6 is 0 Å². The number of benzene rings is 1. The van der Waals surface area contributed by atoms with Gasteiger partial charge in [0.05, 0.1) is 6.73 Å². The van der Waals surface area contributed by atoms with Crippen molar-refractivity contribution in [2.24, 2.45) is 0 Å². The van der Waals surface area contributed by atoms with E-state index in [2.05, 4.69) is 24.3 Å². The third-order valence-electron chi connectivity index (χ3n) is 2.41. The van der Waals surface area contributed by atoms with Gasteiger partial charge in [0.15, 0.2) is 0 Å². The number of nitrogens with zero attached hydrogens (tertiary/aromatic N) is 1. The van der Waals surface area contributed by atoms with E-state index in [-0.39, 0.29) is 6.73 Å². The second kappa shape index (κ2) is 3.25. The zero-order valence-electron chi connectivity index (χ0n) is 7.03. The van der Waals surface area contributed by atoms with Crippen LogP contribution in [0.25, 0.3) is 0 Å². The van der Waals surface area contributed by atoms with E-state index < -0.39 is 0 Å². The first-order valence-corrected chi connectivity index (χ1v) is 4.30. The van der Waals surface area contributed by atoms with Crippen molar-refractivity contribution >= 4 is 0 Å². The highest BCUT2D eigenvalue weighted by Crippen LogP contribution is 2.17. The van der Waals surface area contributed by atoms with Crippen molar-refractivity contribution in [2.45, 2.75) is 13.0 Å². The van der Waals surface area contributed by atoms with Gasteiger partial charge in [0.1, 0.15) is 0 Å². The van der Waals surface area contributed by atoms with E-state index in [1.807, 2.05) is 4.90 Å². The Kier molecular flexibility index (Phi) is 2.11. The van der Waals surface area contributed by atoms with Crippen LogP contribution < -0.4 is 0 Å². The minimum absolute atomic E-state index is 0.175. The fraction of sp³-hybridized carbons (Fsp3) is 0.400. The maximum atomic E-state index is 8.94. The summed E-state index contributed by atoms with van der Waals surface area (Å²) in [7, 11) is 0. The molecule has 0 fully saturated rings. The van der Waals surface area contributed by atoms with Gasteiger partial charge in [-0.2, -0.15) is 0 Å². The molecule has 12 heavy (non-hydrogen) atoms. The molecule has 0 unspecified atom stereocenters. The smallest absolute Gasteiger partial charge is 0.0959 e. The highest BCUT2D eigenvalue weighted by molar-refractivity contribution is 5.28. The number of hydrogen-bond donors (Lipinski definition) is 1. The second-order valence-electron chi connectivity index (χ2n) is 3.21. The Balaban J connectivity index is 2.23. The predicted molar refractivity (Wildman–Crippen MR) is 47.6 cm³/mol. The van der Waals surface area contributed by atoms with Gasteiger partial charge in [-0.15, -0.1) is 0 Å². The Labute approximate surface area is 72.4 Å². The van der Waals surface area contributed by atoms with Gasteiger partial charge in [0, 0.05) is 13.1 Å². The van der Waals surface area contributed by atoms with E-state index in [9.17, 15) is 0 Å². The van der Waals surface area contributed by atoms with Crippen LogP contribution in [0.1, 0.15) is 11.1 Å². The van der Waals surface area contributed by atoms with E-state index in [0.717, 1.165) is 19.5 Å². The van der Waals surface area contributed by atoms with Gasteiger partial charge in [0.2, 0.25) is 0 Å². The molecule has 2 heteroatoms. The molecular formula is C10H13NO. The normalized spacial score (nSPS) is 17.4. The molecule has 2 nitrogen and oxygen atoms in total. The molecule has 0 saturated carbocycles. The van der Waals surface area contributed by atoms with Crippen molar-refractivity contribution in [3.63, 3.8) is 0 Å². The quantitative estimate of drug-likeness (QED) is 0.667. The Morgan fingerprint density at radius 3 is 2.75 bits per heavy atom. The maximum Gasteiger partial charge on any atom is 0.0959 e. The zero-order chi connectivity index (χ0) is 8.39. The minimum atomic E-state index is 0.175. The maximum absolute atomic E-state index is 8.94. The Morgan fingerprint density at radius 1 is 1.25 bits per heavy atom. The number of aliphatic hydroxyl groups excluding tert-OH is 1. The molecule has 0 saturated heterocycles. The summed E-state index contributed by atoms with van der Waals surface area (Å²) >= 11 is 0. The highest BCUT2D eigenvalue weighted by atomic mass is 16.3. The molecule has 0 spiro atoms. The van der Waals surface area contributed by atoms with Crippen LogP contribution in [-0.2, 0) is 13.0 Å². The van der Waals surface area contributed by atoms with Crippen molar-refractivity contribution in [1.82, 2.24) is 4.90 Å². The lowest BCUT2D eigenvalue weighted by Gasteiger charge is -2.26. The Bertz CT molecular complexity index is 272. The van der Waals surface area contributed by atoms with Crippen LogP contribution in [0.2, 0.25) is 0 Å². The summed E-state index contributed by atoms with van der Waals surface area (Å²) in [6, 6.07) is 8.44. The molecule has 0 bridgehead atoms. The van der Waals surface area contributed by atoms with Gasteiger partial charge in [-0.05, 0) is 17.5 Å². The van der Waals surface area contributed by atoms with E-state index in [1.165, 1.54) is 11.1 Å².